The van der Waals surface area contributed by atoms with Crippen molar-refractivity contribution in [2.45, 2.75) is 116 Å². The quantitative estimate of drug-likeness (QED) is 0.439. The number of fused-ring (bicyclic) bond motifs is 2. The minimum atomic E-state index is -2.88. The minimum Gasteiger partial charge on any atom is -0.328 e. The molecule has 0 aromatic rings. The summed E-state index contributed by atoms with van der Waals surface area (Å²) >= 11 is 0. The van der Waals surface area contributed by atoms with E-state index < -0.39 is 12.0 Å². The largest absolute Gasteiger partial charge is 0.328 e. The first-order valence-electron chi connectivity index (χ1n) is 14.4. The highest BCUT2D eigenvalue weighted by Gasteiger charge is 2.54. The molecule has 7 heteroatoms. The van der Waals surface area contributed by atoms with E-state index in [1.165, 1.54) is 5.57 Å². The van der Waals surface area contributed by atoms with Crippen LogP contribution in [0.1, 0.15) is 79.6 Å². The van der Waals surface area contributed by atoms with Crippen LogP contribution in [0.25, 0.3) is 0 Å². The van der Waals surface area contributed by atoms with Gasteiger partial charge in [-0.2, -0.15) is 0 Å². The molecule has 2 amide bonds. The number of halogens is 2. The number of piperidine rings is 1. The second-order valence-electron chi connectivity index (χ2n) is 12.5. The number of piperazine rings is 1. The van der Waals surface area contributed by atoms with Crippen molar-refractivity contribution in [2.24, 2.45) is 5.41 Å². The number of alkyl halides is 2. The van der Waals surface area contributed by atoms with E-state index in [-0.39, 0.29) is 23.9 Å². The zero-order valence-corrected chi connectivity index (χ0v) is 23.6. The van der Waals surface area contributed by atoms with Gasteiger partial charge in [0.15, 0.2) is 0 Å². The third kappa shape index (κ3) is 5.98. The minimum absolute atomic E-state index is 0.00132. The Kier molecular flexibility index (Phi) is 8.54. The topological polar surface area (TPSA) is 38.8 Å². The Labute approximate surface area is 223 Å². The number of hydrogen-bond donors (Lipinski definition) is 1. The number of urea groups is 1. The summed E-state index contributed by atoms with van der Waals surface area (Å²) in [7, 11) is 0. The first kappa shape index (κ1) is 28.3. The molecule has 5 nitrogen and oxygen atoms in total. The lowest BCUT2D eigenvalue weighted by Gasteiger charge is -2.51. The third-order valence-electron chi connectivity index (χ3n) is 9.83. The Morgan fingerprint density at radius 3 is 2.22 bits per heavy atom. The standard InChI is InChI=1S/C30H48F2N4O/c1-7-22(4)10-11-23(5)29(6)15-17-34(18-16-29)28(37)33-27-26(9-8-14-30(27,31)32)36-24-12-13-25(36)20-35(19-24)21(2)3/h7,10-11,21,24-27H,1,8-9,12-20H2,2-6H3,(H,33,37)/b22-10-,23-11+/t24?,25?,26-,27+/m0/s1. The third-order valence-corrected chi connectivity index (χ3v) is 9.83. The number of hydrogen-bond acceptors (Lipinski definition) is 3. The van der Waals surface area contributed by atoms with E-state index in [1.807, 2.05) is 13.0 Å². The molecule has 37 heavy (non-hydrogen) atoms. The highest BCUT2D eigenvalue weighted by atomic mass is 19.3. The van der Waals surface area contributed by atoms with Crippen LogP contribution in [0, 0.1) is 5.41 Å². The van der Waals surface area contributed by atoms with Crippen LogP contribution in [0.4, 0.5) is 13.6 Å². The Morgan fingerprint density at radius 1 is 1.03 bits per heavy atom. The monoisotopic (exact) mass is 518 g/mol. The first-order valence-corrected chi connectivity index (χ1v) is 14.4. The SMILES string of the molecule is C=C/C(C)=C\C=C(/C)C1(C)CCN(C(=O)N[C@@H]2[C@@H](N3C4CCC3CN(C(C)C)C4)CCCC2(F)F)CC1. The van der Waals surface area contributed by atoms with Gasteiger partial charge in [-0.25, -0.2) is 13.6 Å². The Morgan fingerprint density at radius 2 is 1.65 bits per heavy atom. The average molecular weight is 519 g/mol. The van der Waals surface area contributed by atoms with E-state index in [0.717, 1.165) is 50.8 Å². The summed E-state index contributed by atoms with van der Waals surface area (Å²) < 4.78 is 30.8. The van der Waals surface area contributed by atoms with Crippen LogP contribution in [-0.2, 0) is 0 Å². The molecule has 1 N–H and O–H groups in total. The number of allylic oxidation sites excluding steroid dienone is 5. The van der Waals surface area contributed by atoms with Gasteiger partial charge in [-0.05, 0) is 71.6 Å². The van der Waals surface area contributed by atoms with E-state index in [9.17, 15) is 4.79 Å². The molecule has 0 aromatic carbocycles. The molecule has 0 radical (unpaired) electrons. The molecule has 1 saturated carbocycles. The van der Waals surface area contributed by atoms with Gasteiger partial charge in [0, 0.05) is 56.8 Å². The average Bonchev–Trinajstić information content (AvgIpc) is 3.11. The predicted octanol–water partition coefficient (Wildman–Crippen LogP) is 5.99. The van der Waals surface area contributed by atoms with Crippen LogP contribution in [0.15, 0.2) is 36.0 Å². The molecule has 4 atom stereocenters. The summed E-state index contributed by atoms with van der Waals surface area (Å²) in [4.78, 5) is 20.0. The summed E-state index contributed by atoms with van der Waals surface area (Å²) in [5, 5.41) is 2.88. The molecule has 3 heterocycles. The van der Waals surface area contributed by atoms with Gasteiger partial charge in [0.25, 0.3) is 5.92 Å². The predicted molar refractivity (Wildman–Crippen MR) is 147 cm³/mol. The number of likely N-dealkylation sites (tertiary alicyclic amines) is 2. The zero-order chi connectivity index (χ0) is 27.0. The van der Waals surface area contributed by atoms with E-state index in [4.69, 9.17) is 0 Å². The fraction of sp³-hybridized carbons (Fsp3) is 0.767. The Bertz CT molecular complexity index is 891. The number of nitrogens with one attached hydrogen (secondary N) is 1. The highest BCUT2D eigenvalue weighted by Crippen LogP contribution is 2.42. The van der Waals surface area contributed by atoms with Gasteiger partial charge in [-0.1, -0.05) is 42.9 Å². The number of carbonyl (C=O) groups is 1. The first-order chi connectivity index (χ1) is 17.4. The molecule has 1 aliphatic carbocycles. The van der Waals surface area contributed by atoms with Crippen molar-refractivity contribution in [3.63, 3.8) is 0 Å². The van der Waals surface area contributed by atoms with Gasteiger partial charge < -0.3 is 10.2 Å². The van der Waals surface area contributed by atoms with Crippen molar-refractivity contribution >= 4 is 6.03 Å². The van der Waals surface area contributed by atoms with Crippen molar-refractivity contribution in [2.75, 3.05) is 26.2 Å². The second kappa shape index (κ2) is 11.2. The number of amides is 2. The second-order valence-corrected chi connectivity index (χ2v) is 12.5. The maximum Gasteiger partial charge on any atom is 0.317 e. The van der Waals surface area contributed by atoms with Crippen molar-refractivity contribution in [3.8, 4) is 0 Å². The smallest absolute Gasteiger partial charge is 0.317 e. The van der Waals surface area contributed by atoms with Crippen molar-refractivity contribution in [1.29, 1.82) is 0 Å². The lowest BCUT2D eigenvalue weighted by molar-refractivity contribution is -0.109. The lowest BCUT2D eigenvalue weighted by Crippen LogP contribution is -2.68. The van der Waals surface area contributed by atoms with Crippen molar-refractivity contribution in [1.82, 2.24) is 20.0 Å². The summed E-state index contributed by atoms with van der Waals surface area (Å²) in [6.07, 6.45) is 10.9. The molecular formula is C30H48F2N4O. The number of nitrogens with zero attached hydrogens (tertiary/aromatic N) is 3. The van der Waals surface area contributed by atoms with Crippen LogP contribution < -0.4 is 5.32 Å². The van der Waals surface area contributed by atoms with Gasteiger partial charge in [0.2, 0.25) is 0 Å². The number of carbonyl (C=O) groups excluding carboxylic acids is 1. The molecule has 4 aliphatic rings. The summed E-state index contributed by atoms with van der Waals surface area (Å²) in [6.45, 7) is 17.7. The van der Waals surface area contributed by atoms with Crippen LogP contribution in [-0.4, -0.2) is 83.0 Å². The van der Waals surface area contributed by atoms with Crippen molar-refractivity contribution in [3.05, 3.63) is 36.0 Å². The molecule has 0 spiro atoms. The lowest BCUT2D eigenvalue weighted by atomic mass is 9.74. The van der Waals surface area contributed by atoms with Crippen LogP contribution >= 0.6 is 0 Å². The van der Waals surface area contributed by atoms with Crippen LogP contribution in [0.3, 0.4) is 0 Å². The molecule has 4 rings (SSSR count). The van der Waals surface area contributed by atoms with Gasteiger partial charge in [-0.3, -0.25) is 9.80 Å². The molecule has 3 saturated heterocycles. The van der Waals surface area contributed by atoms with Crippen LogP contribution in [0.5, 0.6) is 0 Å². The molecule has 2 bridgehead atoms. The molecule has 3 aliphatic heterocycles. The fourth-order valence-electron chi connectivity index (χ4n) is 6.95. The van der Waals surface area contributed by atoms with Gasteiger partial charge in [0.1, 0.15) is 6.04 Å². The van der Waals surface area contributed by atoms with E-state index in [2.05, 4.69) is 61.5 Å². The summed E-state index contributed by atoms with van der Waals surface area (Å²) in [6, 6.07) is -0.647. The molecule has 0 aromatic heterocycles. The Balaban J connectivity index is 1.42. The maximum absolute atomic E-state index is 15.4. The molecule has 208 valence electrons. The van der Waals surface area contributed by atoms with Gasteiger partial charge in [-0.15, -0.1) is 0 Å². The van der Waals surface area contributed by atoms with E-state index in [0.29, 0.717) is 37.6 Å². The van der Waals surface area contributed by atoms with Gasteiger partial charge in [0.05, 0.1) is 0 Å². The zero-order valence-electron chi connectivity index (χ0n) is 23.6. The van der Waals surface area contributed by atoms with E-state index in [1.54, 1.807) is 4.90 Å². The fourth-order valence-corrected chi connectivity index (χ4v) is 6.95. The van der Waals surface area contributed by atoms with Gasteiger partial charge >= 0.3 is 6.03 Å². The highest BCUT2D eigenvalue weighted by molar-refractivity contribution is 5.75. The summed E-state index contributed by atoms with van der Waals surface area (Å²) in [5.41, 5.74) is 2.40. The van der Waals surface area contributed by atoms with Crippen LogP contribution in [0.2, 0.25) is 0 Å². The normalized spacial score (nSPS) is 33.0. The Hall–Kier alpha value is -1.73. The van der Waals surface area contributed by atoms with Crippen molar-refractivity contribution < 1.29 is 13.6 Å². The molecule has 4 fully saturated rings. The molecular weight excluding hydrogens is 470 g/mol. The number of rotatable bonds is 6. The summed E-state index contributed by atoms with van der Waals surface area (Å²) in [5.74, 6) is -2.88. The molecule has 2 unspecified atom stereocenters. The maximum atomic E-state index is 15.4. The van der Waals surface area contributed by atoms with E-state index >= 15 is 8.78 Å².